The smallest absolute Gasteiger partial charge is 0.248 e. The summed E-state index contributed by atoms with van der Waals surface area (Å²) in [4.78, 5) is 16.9. The maximum atomic E-state index is 12.2. The maximum absolute atomic E-state index is 12.2. The molecule has 4 aromatic rings. The van der Waals surface area contributed by atoms with Crippen LogP contribution in [0.4, 0.5) is 0 Å². The SMILES string of the molecule is CCn1nc(C)cc1-c1nc(-c2cc(C(N)=O)cc3c2cnn3CC2CC3CNCC3C2)n[nH]1. The van der Waals surface area contributed by atoms with Crippen molar-refractivity contribution in [3.63, 3.8) is 0 Å². The molecule has 34 heavy (non-hydrogen) atoms. The van der Waals surface area contributed by atoms with Crippen LogP contribution < -0.4 is 11.1 Å². The van der Waals surface area contributed by atoms with E-state index >= 15 is 0 Å². The number of nitrogens with zero attached hydrogens (tertiary/aromatic N) is 6. The lowest BCUT2D eigenvalue weighted by Gasteiger charge is -2.13. The van der Waals surface area contributed by atoms with E-state index in [1.807, 2.05) is 41.5 Å². The molecule has 0 bridgehead atoms. The molecule has 4 heterocycles. The molecule has 1 aromatic carbocycles. The molecule has 4 N–H and O–H groups in total. The van der Waals surface area contributed by atoms with Crippen LogP contribution in [0.3, 0.4) is 0 Å². The molecule has 10 nitrogen and oxygen atoms in total. The first-order valence-electron chi connectivity index (χ1n) is 12.0. The fourth-order valence-electron chi connectivity index (χ4n) is 5.81. The number of H-pyrrole nitrogens is 1. The zero-order valence-electron chi connectivity index (χ0n) is 19.5. The number of rotatable bonds is 6. The molecule has 1 amide bonds. The van der Waals surface area contributed by atoms with E-state index in [4.69, 9.17) is 15.8 Å². The molecule has 176 valence electrons. The second-order valence-electron chi connectivity index (χ2n) is 9.66. The molecular weight excluding hydrogens is 430 g/mol. The number of primary amides is 1. The van der Waals surface area contributed by atoms with Crippen LogP contribution in [0.15, 0.2) is 24.4 Å². The Morgan fingerprint density at radius 2 is 1.97 bits per heavy atom. The number of benzene rings is 1. The van der Waals surface area contributed by atoms with E-state index in [2.05, 4.69) is 20.6 Å². The van der Waals surface area contributed by atoms with E-state index in [1.165, 1.54) is 12.8 Å². The summed E-state index contributed by atoms with van der Waals surface area (Å²) in [5.74, 6) is 2.80. The molecule has 0 radical (unpaired) electrons. The summed E-state index contributed by atoms with van der Waals surface area (Å²) in [6.07, 6.45) is 4.29. The third-order valence-corrected chi connectivity index (χ3v) is 7.40. The number of nitrogens with two attached hydrogens (primary N) is 1. The lowest BCUT2D eigenvalue weighted by atomic mass is 10.0. The number of carbonyl (C=O) groups is 1. The Kier molecular flexibility index (Phi) is 4.98. The van der Waals surface area contributed by atoms with Crippen LogP contribution >= 0.6 is 0 Å². The van der Waals surface area contributed by atoms with Gasteiger partial charge in [0.2, 0.25) is 5.91 Å². The lowest BCUT2D eigenvalue weighted by molar-refractivity contribution is 0.100. The van der Waals surface area contributed by atoms with Crippen LogP contribution in [-0.4, -0.2) is 53.7 Å². The molecule has 1 aliphatic carbocycles. The number of hydrogen-bond donors (Lipinski definition) is 3. The van der Waals surface area contributed by atoms with E-state index in [1.54, 1.807) is 6.07 Å². The molecule has 2 atom stereocenters. The molecule has 10 heteroatoms. The Morgan fingerprint density at radius 3 is 2.71 bits per heavy atom. The summed E-state index contributed by atoms with van der Waals surface area (Å²) >= 11 is 0. The number of aromatic amines is 1. The van der Waals surface area contributed by atoms with Gasteiger partial charge in [-0.05, 0) is 75.7 Å². The second-order valence-corrected chi connectivity index (χ2v) is 9.66. The topological polar surface area (TPSA) is 132 Å². The van der Waals surface area contributed by atoms with Crippen LogP contribution in [0.5, 0.6) is 0 Å². The molecule has 1 saturated carbocycles. The molecular formula is C24H29N9O. The second kappa shape index (κ2) is 8.05. The van der Waals surface area contributed by atoms with Crippen molar-refractivity contribution in [3.05, 3.63) is 35.7 Å². The van der Waals surface area contributed by atoms with Crippen LogP contribution in [0, 0.1) is 24.7 Å². The van der Waals surface area contributed by atoms with Gasteiger partial charge in [0.1, 0.15) is 5.69 Å². The number of aromatic nitrogens is 7. The molecule has 2 aliphatic rings. The zero-order valence-corrected chi connectivity index (χ0v) is 19.5. The third kappa shape index (κ3) is 3.49. The van der Waals surface area contributed by atoms with Gasteiger partial charge in [-0.2, -0.15) is 15.3 Å². The van der Waals surface area contributed by atoms with Crippen molar-refractivity contribution in [2.75, 3.05) is 13.1 Å². The maximum Gasteiger partial charge on any atom is 0.248 e. The zero-order chi connectivity index (χ0) is 23.4. The average molecular weight is 460 g/mol. The predicted octanol–water partition coefficient (Wildman–Crippen LogP) is 2.36. The number of nitrogens with one attached hydrogen (secondary N) is 2. The Hall–Kier alpha value is -3.53. The number of aryl methyl sites for hydroxylation is 2. The summed E-state index contributed by atoms with van der Waals surface area (Å²) in [5.41, 5.74) is 9.55. The average Bonchev–Trinajstić information content (AvgIpc) is 3.62. The Balaban J connectivity index is 1.38. The van der Waals surface area contributed by atoms with Crippen molar-refractivity contribution in [2.45, 2.75) is 39.8 Å². The van der Waals surface area contributed by atoms with Gasteiger partial charge in [0.05, 0.1) is 17.4 Å². The minimum absolute atomic E-state index is 0.428. The van der Waals surface area contributed by atoms with Crippen LogP contribution in [0.2, 0.25) is 0 Å². The van der Waals surface area contributed by atoms with Gasteiger partial charge in [0.25, 0.3) is 0 Å². The largest absolute Gasteiger partial charge is 0.366 e. The standard InChI is InChI=1S/C24H29N9O/c1-3-32-21(4-13(2)31-32)24-28-23(29-30-24)18-7-15(22(25)34)8-20-19(18)11-27-33(20)12-14-5-16-9-26-10-17(16)6-14/h4,7-8,11,14,16-17,26H,3,5-6,9-10,12H2,1-2H3,(H2,25,34)(H,28,29,30). The molecule has 6 rings (SSSR count). The Labute approximate surface area is 196 Å². The van der Waals surface area contributed by atoms with Gasteiger partial charge < -0.3 is 11.1 Å². The van der Waals surface area contributed by atoms with Gasteiger partial charge in [-0.25, -0.2) is 4.98 Å². The summed E-state index contributed by atoms with van der Waals surface area (Å²) in [6, 6.07) is 5.58. The van der Waals surface area contributed by atoms with E-state index < -0.39 is 5.91 Å². The highest BCUT2D eigenvalue weighted by molar-refractivity contribution is 6.02. The molecule has 2 fully saturated rings. The van der Waals surface area contributed by atoms with Crippen molar-refractivity contribution in [1.82, 2.24) is 40.1 Å². The summed E-state index contributed by atoms with van der Waals surface area (Å²) in [7, 11) is 0. The molecule has 0 spiro atoms. The van der Waals surface area contributed by atoms with E-state index in [0.29, 0.717) is 23.1 Å². The number of carbonyl (C=O) groups excluding carboxylic acids is 1. The summed E-state index contributed by atoms with van der Waals surface area (Å²) in [6.45, 7) is 7.81. The Bertz CT molecular complexity index is 1370. The molecule has 1 aliphatic heterocycles. The van der Waals surface area contributed by atoms with E-state index in [9.17, 15) is 4.79 Å². The molecule has 3 aromatic heterocycles. The van der Waals surface area contributed by atoms with Gasteiger partial charge in [-0.1, -0.05) is 0 Å². The van der Waals surface area contributed by atoms with Gasteiger partial charge >= 0.3 is 0 Å². The Morgan fingerprint density at radius 1 is 1.18 bits per heavy atom. The monoisotopic (exact) mass is 459 g/mol. The highest BCUT2D eigenvalue weighted by atomic mass is 16.1. The van der Waals surface area contributed by atoms with Gasteiger partial charge in [-0.15, -0.1) is 0 Å². The lowest BCUT2D eigenvalue weighted by Crippen LogP contribution is -2.16. The predicted molar refractivity (Wildman–Crippen MR) is 128 cm³/mol. The minimum atomic E-state index is -0.479. The fraction of sp³-hybridized carbons (Fsp3) is 0.458. The van der Waals surface area contributed by atoms with Crippen molar-refractivity contribution >= 4 is 16.8 Å². The summed E-state index contributed by atoms with van der Waals surface area (Å²) < 4.78 is 3.91. The van der Waals surface area contributed by atoms with Crippen molar-refractivity contribution in [2.24, 2.45) is 23.5 Å². The van der Waals surface area contributed by atoms with Crippen molar-refractivity contribution in [1.29, 1.82) is 0 Å². The van der Waals surface area contributed by atoms with Gasteiger partial charge in [0.15, 0.2) is 11.6 Å². The van der Waals surface area contributed by atoms with Crippen molar-refractivity contribution in [3.8, 4) is 22.9 Å². The molecule has 2 unspecified atom stereocenters. The quantitative estimate of drug-likeness (QED) is 0.405. The summed E-state index contributed by atoms with van der Waals surface area (Å²) in [5, 5.41) is 21.1. The van der Waals surface area contributed by atoms with E-state index in [0.717, 1.165) is 65.9 Å². The van der Waals surface area contributed by atoms with Crippen LogP contribution in [0.25, 0.3) is 33.8 Å². The third-order valence-electron chi connectivity index (χ3n) is 7.40. The number of amides is 1. The van der Waals surface area contributed by atoms with Crippen molar-refractivity contribution < 1.29 is 4.79 Å². The van der Waals surface area contributed by atoms with Gasteiger partial charge in [0, 0.05) is 29.6 Å². The number of hydrogen-bond acceptors (Lipinski definition) is 6. The number of fused-ring (bicyclic) bond motifs is 2. The highest BCUT2D eigenvalue weighted by Gasteiger charge is 2.37. The first-order valence-corrected chi connectivity index (χ1v) is 12.0. The highest BCUT2D eigenvalue weighted by Crippen LogP contribution is 2.40. The molecule has 1 saturated heterocycles. The minimum Gasteiger partial charge on any atom is -0.366 e. The van der Waals surface area contributed by atoms with Crippen LogP contribution in [0.1, 0.15) is 35.8 Å². The normalized spacial score (nSPS) is 22.0. The van der Waals surface area contributed by atoms with E-state index in [-0.39, 0.29) is 0 Å². The fourth-order valence-corrected chi connectivity index (χ4v) is 5.81. The van der Waals surface area contributed by atoms with Gasteiger partial charge in [-0.3, -0.25) is 19.3 Å². The van der Waals surface area contributed by atoms with Crippen LogP contribution in [-0.2, 0) is 13.1 Å². The first-order chi connectivity index (χ1) is 16.5. The first kappa shape index (κ1) is 21.0.